The zero-order valence-electron chi connectivity index (χ0n) is 5.87. The molecule has 0 aliphatic carbocycles. The molecular formula is C7H10O2S. The van der Waals surface area contributed by atoms with Gasteiger partial charge >= 0.3 is 0 Å². The van der Waals surface area contributed by atoms with Crippen molar-refractivity contribution in [3.05, 3.63) is 11.2 Å². The van der Waals surface area contributed by atoms with E-state index in [1.807, 2.05) is 0 Å². The lowest BCUT2D eigenvalue weighted by Gasteiger charge is -2.24. The third-order valence-corrected chi connectivity index (χ3v) is 2.80. The average Bonchev–Trinajstić information content (AvgIpc) is 2.34. The first-order valence-electron chi connectivity index (χ1n) is 3.48. The largest absolute Gasteiger partial charge is 0.492 e. The van der Waals surface area contributed by atoms with Crippen LogP contribution >= 0.6 is 11.8 Å². The van der Waals surface area contributed by atoms with Crippen LogP contribution in [0.5, 0.6) is 0 Å². The summed E-state index contributed by atoms with van der Waals surface area (Å²) in [6, 6.07) is 0. The molecule has 2 heterocycles. The summed E-state index contributed by atoms with van der Waals surface area (Å²) in [5.41, 5.74) is 0. The number of thioether (sulfide) groups is 1. The van der Waals surface area contributed by atoms with Crippen molar-refractivity contribution in [1.82, 2.24) is 0 Å². The molecule has 2 atom stereocenters. The fourth-order valence-corrected chi connectivity index (χ4v) is 2.12. The number of fused-ring (bicyclic) bond motifs is 1. The van der Waals surface area contributed by atoms with Crippen molar-refractivity contribution in [2.45, 2.75) is 18.3 Å². The summed E-state index contributed by atoms with van der Waals surface area (Å²) in [7, 11) is 0. The van der Waals surface area contributed by atoms with E-state index in [0.29, 0.717) is 5.25 Å². The second-order valence-corrected chi connectivity index (χ2v) is 3.75. The molecule has 2 unspecified atom stereocenters. The highest BCUT2D eigenvalue weighted by atomic mass is 32.2. The second-order valence-electron chi connectivity index (χ2n) is 2.50. The molecule has 10 heavy (non-hydrogen) atoms. The van der Waals surface area contributed by atoms with E-state index in [1.165, 1.54) is 0 Å². The highest BCUT2D eigenvalue weighted by Crippen LogP contribution is 2.34. The van der Waals surface area contributed by atoms with Gasteiger partial charge in [0.1, 0.15) is 18.5 Å². The maximum Gasteiger partial charge on any atom is 0.132 e. The van der Waals surface area contributed by atoms with Crippen LogP contribution in [0.25, 0.3) is 0 Å². The van der Waals surface area contributed by atoms with Crippen LogP contribution in [0.4, 0.5) is 0 Å². The van der Waals surface area contributed by atoms with Crippen LogP contribution in [0.3, 0.4) is 0 Å². The van der Waals surface area contributed by atoms with Gasteiger partial charge in [-0.1, -0.05) is 0 Å². The monoisotopic (exact) mass is 158 g/mol. The Labute approximate surface area is 64.6 Å². The van der Waals surface area contributed by atoms with E-state index in [0.717, 1.165) is 19.0 Å². The first-order chi connectivity index (χ1) is 4.88. The Morgan fingerprint density at radius 2 is 2.50 bits per heavy atom. The third-order valence-electron chi connectivity index (χ3n) is 1.76. The number of rotatable bonds is 0. The molecule has 0 radical (unpaired) electrons. The van der Waals surface area contributed by atoms with Crippen molar-refractivity contribution >= 4 is 11.8 Å². The smallest absolute Gasteiger partial charge is 0.132 e. The Morgan fingerprint density at radius 1 is 1.60 bits per heavy atom. The number of hydrogen-bond donors (Lipinski definition) is 0. The van der Waals surface area contributed by atoms with Crippen LogP contribution in [-0.4, -0.2) is 24.6 Å². The minimum absolute atomic E-state index is 0.235. The lowest BCUT2D eigenvalue weighted by atomic mass is 10.2. The highest BCUT2D eigenvalue weighted by Gasteiger charge is 2.31. The van der Waals surface area contributed by atoms with Crippen LogP contribution in [-0.2, 0) is 9.47 Å². The van der Waals surface area contributed by atoms with E-state index in [2.05, 4.69) is 12.3 Å². The van der Waals surface area contributed by atoms with Gasteiger partial charge in [-0.05, 0) is 6.92 Å². The summed E-state index contributed by atoms with van der Waals surface area (Å²) in [6.45, 7) is 3.62. The topological polar surface area (TPSA) is 18.5 Å². The van der Waals surface area contributed by atoms with E-state index in [4.69, 9.17) is 9.47 Å². The van der Waals surface area contributed by atoms with E-state index in [1.54, 1.807) is 11.8 Å². The molecule has 2 aliphatic rings. The molecular weight excluding hydrogens is 148 g/mol. The predicted octanol–water partition coefficient (Wildman–Crippen LogP) is 1.38. The molecule has 0 amide bonds. The van der Waals surface area contributed by atoms with Crippen LogP contribution in [0, 0.1) is 0 Å². The van der Waals surface area contributed by atoms with E-state index in [-0.39, 0.29) is 6.10 Å². The average molecular weight is 158 g/mol. The van der Waals surface area contributed by atoms with Gasteiger partial charge in [0.15, 0.2) is 0 Å². The molecule has 2 aliphatic heterocycles. The molecule has 2 nitrogen and oxygen atoms in total. The van der Waals surface area contributed by atoms with Gasteiger partial charge in [0.2, 0.25) is 0 Å². The summed E-state index contributed by atoms with van der Waals surface area (Å²) in [6.07, 6.45) is 0.235. The van der Waals surface area contributed by atoms with Crippen molar-refractivity contribution < 1.29 is 9.47 Å². The van der Waals surface area contributed by atoms with Gasteiger partial charge in [0.25, 0.3) is 0 Å². The molecule has 1 saturated heterocycles. The van der Waals surface area contributed by atoms with Gasteiger partial charge in [-0.3, -0.25) is 0 Å². The molecule has 0 spiro atoms. The first-order valence-corrected chi connectivity index (χ1v) is 4.42. The fraction of sp³-hybridized carbons (Fsp3) is 0.714. The molecule has 3 heteroatoms. The van der Waals surface area contributed by atoms with Gasteiger partial charge in [-0.15, -0.1) is 11.8 Å². The zero-order valence-corrected chi connectivity index (χ0v) is 6.69. The molecule has 1 fully saturated rings. The summed E-state index contributed by atoms with van der Waals surface area (Å²) in [5, 5.41) is 2.60. The third kappa shape index (κ3) is 0.935. The molecule has 56 valence electrons. The van der Waals surface area contributed by atoms with Gasteiger partial charge < -0.3 is 9.47 Å². The second kappa shape index (κ2) is 2.47. The maximum atomic E-state index is 5.50. The Hall–Kier alpha value is -0.150. The van der Waals surface area contributed by atoms with E-state index >= 15 is 0 Å². The molecule has 0 saturated carbocycles. The maximum absolute atomic E-state index is 5.50. The summed E-state index contributed by atoms with van der Waals surface area (Å²) in [5.74, 6) is 1.03. The van der Waals surface area contributed by atoms with Crippen LogP contribution in [0.1, 0.15) is 6.92 Å². The summed E-state index contributed by atoms with van der Waals surface area (Å²) >= 11 is 1.79. The van der Waals surface area contributed by atoms with E-state index in [9.17, 15) is 0 Å². The molecule has 0 aromatic rings. The van der Waals surface area contributed by atoms with Gasteiger partial charge in [-0.25, -0.2) is 0 Å². The Kier molecular flexibility index (Phi) is 1.62. The standard InChI is InChI=1S/C7H10O2S/c1-5-7-6(4-10-5)8-2-3-9-7/h4-5,7H,2-3H2,1H3. The molecule has 2 rings (SSSR count). The van der Waals surface area contributed by atoms with Crippen LogP contribution in [0.2, 0.25) is 0 Å². The van der Waals surface area contributed by atoms with Gasteiger partial charge in [0, 0.05) is 10.7 Å². The van der Waals surface area contributed by atoms with Crippen LogP contribution < -0.4 is 0 Å². The van der Waals surface area contributed by atoms with Crippen molar-refractivity contribution in [3.8, 4) is 0 Å². The van der Waals surface area contributed by atoms with Crippen LogP contribution in [0.15, 0.2) is 11.2 Å². The predicted molar refractivity (Wildman–Crippen MR) is 40.8 cm³/mol. The number of hydrogen-bond acceptors (Lipinski definition) is 3. The molecule has 0 aromatic heterocycles. The lowest BCUT2D eigenvalue weighted by Crippen LogP contribution is -2.30. The van der Waals surface area contributed by atoms with Crippen molar-refractivity contribution in [2.75, 3.05) is 13.2 Å². The summed E-state index contributed by atoms with van der Waals surface area (Å²) < 4.78 is 10.9. The Balaban J connectivity index is 2.11. The molecule has 0 bridgehead atoms. The Bertz CT molecular complexity index is 167. The normalized spacial score (nSPS) is 38.3. The van der Waals surface area contributed by atoms with Gasteiger partial charge in [0.05, 0.1) is 6.61 Å². The fourth-order valence-electron chi connectivity index (χ4n) is 1.21. The van der Waals surface area contributed by atoms with Crippen molar-refractivity contribution in [3.63, 3.8) is 0 Å². The molecule has 0 N–H and O–H groups in total. The SMILES string of the molecule is CC1SC=C2OCCOC21. The minimum Gasteiger partial charge on any atom is -0.492 e. The zero-order chi connectivity index (χ0) is 6.97. The molecule has 0 aromatic carbocycles. The minimum atomic E-state index is 0.235. The van der Waals surface area contributed by atoms with Gasteiger partial charge in [-0.2, -0.15) is 0 Å². The highest BCUT2D eigenvalue weighted by molar-refractivity contribution is 8.03. The number of ether oxygens (including phenoxy) is 2. The van der Waals surface area contributed by atoms with E-state index < -0.39 is 0 Å². The van der Waals surface area contributed by atoms with Crippen molar-refractivity contribution in [1.29, 1.82) is 0 Å². The summed E-state index contributed by atoms with van der Waals surface area (Å²) in [4.78, 5) is 0. The lowest BCUT2D eigenvalue weighted by molar-refractivity contribution is -0.0380. The quantitative estimate of drug-likeness (QED) is 0.530. The first kappa shape index (κ1) is 6.55. The van der Waals surface area contributed by atoms with Crippen molar-refractivity contribution in [2.24, 2.45) is 0 Å². The Morgan fingerprint density at radius 3 is 3.30 bits per heavy atom.